The van der Waals surface area contributed by atoms with E-state index in [4.69, 9.17) is 4.74 Å². The van der Waals surface area contributed by atoms with Crippen molar-refractivity contribution >= 4 is 0 Å². The van der Waals surface area contributed by atoms with Crippen LogP contribution >= 0.6 is 0 Å². The molecular weight excluding hydrogens is 212 g/mol. The molecule has 0 heterocycles. The van der Waals surface area contributed by atoms with Gasteiger partial charge in [-0.15, -0.1) is 0 Å². The Morgan fingerprint density at radius 1 is 1.06 bits per heavy atom. The van der Waals surface area contributed by atoms with Crippen LogP contribution < -0.4 is 4.74 Å². The Kier molecular flexibility index (Phi) is 6.71. The fraction of sp³-hybridized carbons (Fsp3) is 0.600. The van der Waals surface area contributed by atoms with Crippen LogP contribution in [0.3, 0.4) is 0 Å². The van der Waals surface area contributed by atoms with E-state index in [1.54, 1.807) is 0 Å². The van der Waals surface area contributed by atoms with Crippen LogP contribution in [0.25, 0.3) is 0 Å². The smallest absolute Gasteiger partial charge is 0.119 e. The van der Waals surface area contributed by atoms with E-state index in [-0.39, 0.29) is 6.10 Å². The monoisotopic (exact) mass is 236 g/mol. The minimum absolute atomic E-state index is 0.339. The molecule has 96 valence electrons. The molecule has 1 atom stereocenters. The fourth-order valence-electron chi connectivity index (χ4n) is 1.77. The van der Waals surface area contributed by atoms with Crippen molar-refractivity contribution in [2.45, 2.75) is 52.1 Å². The first-order valence-corrected chi connectivity index (χ1v) is 6.68. The van der Waals surface area contributed by atoms with Crippen LogP contribution in [0.4, 0.5) is 0 Å². The van der Waals surface area contributed by atoms with Crippen LogP contribution in [0, 0.1) is 0 Å². The number of ether oxygens (including phenoxy) is 1. The molecule has 0 aromatic heterocycles. The van der Waals surface area contributed by atoms with Crippen molar-refractivity contribution in [1.82, 2.24) is 0 Å². The van der Waals surface area contributed by atoms with Crippen LogP contribution in [-0.2, 0) is 0 Å². The number of hydrogen-bond donors (Lipinski definition) is 1. The van der Waals surface area contributed by atoms with Gasteiger partial charge < -0.3 is 9.84 Å². The average Bonchev–Trinajstić information content (AvgIpc) is 2.36. The van der Waals surface area contributed by atoms with Crippen molar-refractivity contribution in [2.24, 2.45) is 0 Å². The van der Waals surface area contributed by atoms with Gasteiger partial charge in [0.25, 0.3) is 0 Å². The van der Waals surface area contributed by atoms with Crippen LogP contribution in [0.2, 0.25) is 0 Å². The van der Waals surface area contributed by atoms with Gasteiger partial charge in [-0.05, 0) is 30.5 Å². The molecule has 1 aromatic carbocycles. The molecule has 0 saturated carbocycles. The van der Waals surface area contributed by atoms with E-state index in [0.717, 1.165) is 37.2 Å². The molecule has 1 N–H and O–H groups in total. The Morgan fingerprint density at radius 3 is 2.35 bits per heavy atom. The van der Waals surface area contributed by atoms with Gasteiger partial charge in [0.15, 0.2) is 0 Å². The molecule has 1 rings (SSSR count). The van der Waals surface area contributed by atoms with Gasteiger partial charge in [-0.2, -0.15) is 0 Å². The summed E-state index contributed by atoms with van der Waals surface area (Å²) in [5, 5.41) is 9.82. The molecule has 0 aliphatic heterocycles. The normalized spacial score (nSPS) is 12.4. The Hall–Kier alpha value is -1.02. The molecule has 0 radical (unpaired) electrons. The Bertz CT molecular complexity index is 292. The summed E-state index contributed by atoms with van der Waals surface area (Å²) in [5.74, 6) is 0.897. The molecule has 1 aromatic rings. The van der Waals surface area contributed by atoms with E-state index in [9.17, 15) is 5.11 Å². The lowest BCUT2D eigenvalue weighted by molar-refractivity contribution is 0.166. The van der Waals surface area contributed by atoms with E-state index >= 15 is 0 Å². The third-order valence-corrected chi connectivity index (χ3v) is 2.84. The maximum Gasteiger partial charge on any atom is 0.119 e. The van der Waals surface area contributed by atoms with Crippen LogP contribution in [-0.4, -0.2) is 11.7 Å². The molecule has 0 bridgehead atoms. The molecule has 0 unspecified atom stereocenters. The molecular formula is C15H24O2. The highest BCUT2D eigenvalue weighted by molar-refractivity contribution is 5.28. The minimum Gasteiger partial charge on any atom is -0.494 e. The maximum atomic E-state index is 9.82. The minimum atomic E-state index is -0.339. The summed E-state index contributed by atoms with van der Waals surface area (Å²) in [4.78, 5) is 0. The number of unbranched alkanes of at least 4 members (excludes halogenated alkanes) is 2. The summed E-state index contributed by atoms with van der Waals surface area (Å²) in [7, 11) is 0. The third-order valence-electron chi connectivity index (χ3n) is 2.84. The van der Waals surface area contributed by atoms with Gasteiger partial charge in [0.1, 0.15) is 5.75 Å². The summed E-state index contributed by atoms with van der Waals surface area (Å²) in [6, 6.07) is 7.80. The third kappa shape index (κ3) is 5.22. The summed E-state index contributed by atoms with van der Waals surface area (Å²) < 4.78 is 5.62. The Balaban J connectivity index is 2.39. The number of benzene rings is 1. The van der Waals surface area contributed by atoms with Gasteiger partial charge >= 0.3 is 0 Å². The standard InChI is InChI=1S/C15H24O2/c1-3-5-6-12-17-14-10-8-13(9-11-14)15(16)7-4-2/h8-11,15-16H,3-7,12H2,1-2H3/t15-/m0/s1. The number of aliphatic hydroxyl groups excluding tert-OH is 1. The van der Waals surface area contributed by atoms with Gasteiger partial charge in [-0.1, -0.05) is 45.2 Å². The highest BCUT2D eigenvalue weighted by atomic mass is 16.5. The molecule has 0 aliphatic carbocycles. The largest absolute Gasteiger partial charge is 0.494 e. The molecule has 0 spiro atoms. The van der Waals surface area contributed by atoms with E-state index in [2.05, 4.69) is 13.8 Å². The van der Waals surface area contributed by atoms with E-state index < -0.39 is 0 Å². The van der Waals surface area contributed by atoms with E-state index in [1.807, 2.05) is 24.3 Å². The zero-order chi connectivity index (χ0) is 12.5. The van der Waals surface area contributed by atoms with E-state index in [1.165, 1.54) is 12.8 Å². The second kappa shape index (κ2) is 8.13. The molecule has 0 amide bonds. The quantitative estimate of drug-likeness (QED) is 0.689. The first-order valence-electron chi connectivity index (χ1n) is 6.68. The molecule has 0 aliphatic rings. The van der Waals surface area contributed by atoms with Crippen LogP contribution in [0.15, 0.2) is 24.3 Å². The summed E-state index contributed by atoms with van der Waals surface area (Å²) in [6.45, 7) is 5.04. The lowest BCUT2D eigenvalue weighted by Gasteiger charge is -2.11. The van der Waals surface area contributed by atoms with Crippen molar-refractivity contribution in [3.8, 4) is 5.75 Å². The second-order valence-corrected chi connectivity index (χ2v) is 4.43. The van der Waals surface area contributed by atoms with Gasteiger partial charge in [-0.25, -0.2) is 0 Å². The lowest BCUT2D eigenvalue weighted by Crippen LogP contribution is -1.99. The Morgan fingerprint density at radius 2 is 1.76 bits per heavy atom. The maximum absolute atomic E-state index is 9.82. The average molecular weight is 236 g/mol. The first-order chi connectivity index (χ1) is 8.27. The highest BCUT2D eigenvalue weighted by Crippen LogP contribution is 2.21. The van der Waals surface area contributed by atoms with Gasteiger partial charge in [0, 0.05) is 0 Å². The number of hydrogen-bond acceptors (Lipinski definition) is 2. The van der Waals surface area contributed by atoms with E-state index in [0.29, 0.717) is 0 Å². The molecule has 0 fully saturated rings. The number of rotatable bonds is 8. The summed E-state index contributed by atoms with van der Waals surface area (Å²) in [6.07, 6.45) is 5.01. The van der Waals surface area contributed by atoms with Gasteiger partial charge in [0.2, 0.25) is 0 Å². The fourth-order valence-corrected chi connectivity index (χ4v) is 1.77. The molecule has 2 heteroatoms. The molecule has 17 heavy (non-hydrogen) atoms. The topological polar surface area (TPSA) is 29.5 Å². The first kappa shape index (κ1) is 14.0. The molecule has 2 nitrogen and oxygen atoms in total. The van der Waals surface area contributed by atoms with Crippen molar-refractivity contribution in [2.75, 3.05) is 6.61 Å². The van der Waals surface area contributed by atoms with Crippen molar-refractivity contribution < 1.29 is 9.84 Å². The predicted molar refractivity (Wildman–Crippen MR) is 71.3 cm³/mol. The zero-order valence-corrected chi connectivity index (χ0v) is 11.0. The Labute approximate surface area is 105 Å². The van der Waals surface area contributed by atoms with Crippen molar-refractivity contribution in [3.05, 3.63) is 29.8 Å². The highest BCUT2D eigenvalue weighted by Gasteiger charge is 2.05. The molecule has 0 saturated heterocycles. The van der Waals surface area contributed by atoms with Gasteiger partial charge in [0.05, 0.1) is 12.7 Å². The van der Waals surface area contributed by atoms with Crippen LogP contribution in [0.1, 0.15) is 57.6 Å². The summed E-state index contributed by atoms with van der Waals surface area (Å²) in [5.41, 5.74) is 0.979. The van der Waals surface area contributed by atoms with Gasteiger partial charge in [-0.3, -0.25) is 0 Å². The number of aliphatic hydroxyl groups is 1. The van der Waals surface area contributed by atoms with Crippen molar-refractivity contribution in [3.63, 3.8) is 0 Å². The second-order valence-electron chi connectivity index (χ2n) is 4.43. The zero-order valence-electron chi connectivity index (χ0n) is 11.0. The predicted octanol–water partition coefficient (Wildman–Crippen LogP) is 4.09. The van der Waals surface area contributed by atoms with Crippen molar-refractivity contribution in [1.29, 1.82) is 0 Å². The lowest BCUT2D eigenvalue weighted by atomic mass is 10.1. The summed E-state index contributed by atoms with van der Waals surface area (Å²) >= 11 is 0. The SMILES string of the molecule is CCCCCOc1ccc([C@@H](O)CCC)cc1. The van der Waals surface area contributed by atoms with Crippen LogP contribution in [0.5, 0.6) is 5.75 Å².